The Kier molecular flexibility index (Phi) is 3.87. The number of nitrogens with zero attached hydrogens (tertiary/aromatic N) is 1. The molecule has 3 aromatic rings. The molecule has 2 heteroatoms. The van der Waals surface area contributed by atoms with Crippen LogP contribution < -0.4 is 0 Å². The molecule has 0 unspecified atom stereocenters. The van der Waals surface area contributed by atoms with Crippen LogP contribution in [0.4, 0.5) is 0 Å². The van der Waals surface area contributed by atoms with E-state index in [4.69, 9.17) is 0 Å². The monoisotopic (exact) mass is 277 g/mol. The molecular formula is C19H19NO. The number of aromatic nitrogens is 1. The summed E-state index contributed by atoms with van der Waals surface area (Å²) in [6.45, 7) is 2.97. The van der Waals surface area contributed by atoms with Gasteiger partial charge in [0.1, 0.15) is 6.29 Å². The van der Waals surface area contributed by atoms with Crippen molar-refractivity contribution in [3.63, 3.8) is 0 Å². The fourth-order valence-corrected chi connectivity index (χ4v) is 2.85. The second-order valence-corrected chi connectivity index (χ2v) is 5.52. The van der Waals surface area contributed by atoms with Crippen molar-refractivity contribution in [3.05, 3.63) is 71.9 Å². The summed E-state index contributed by atoms with van der Waals surface area (Å²) in [7, 11) is 0. The lowest BCUT2D eigenvalue weighted by Crippen LogP contribution is -1.98. The van der Waals surface area contributed by atoms with Crippen LogP contribution in [0.1, 0.15) is 30.4 Å². The minimum atomic E-state index is 0.254. The molecule has 3 rings (SSSR count). The average molecular weight is 277 g/mol. The molecule has 0 aliphatic rings. The molecule has 0 saturated heterocycles. The van der Waals surface area contributed by atoms with Crippen LogP contribution in [0.3, 0.4) is 0 Å². The predicted molar refractivity (Wildman–Crippen MR) is 86.6 cm³/mol. The zero-order valence-corrected chi connectivity index (χ0v) is 12.2. The lowest BCUT2D eigenvalue weighted by Gasteiger charge is -2.06. The molecule has 21 heavy (non-hydrogen) atoms. The van der Waals surface area contributed by atoms with Crippen LogP contribution in [-0.2, 0) is 11.3 Å². The Hall–Kier alpha value is -2.35. The Morgan fingerprint density at radius 2 is 1.76 bits per heavy atom. The lowest BCUT2D eigenvalue weighted by atomic mass is 9.98. The molecule has 0 fully saturated rings. The van der Waals surface area contributed by atoms with Gasteiger partial charge < -0.3 is 9.36 Å². The minimum absolute atomic E-state index is 0.254. The highest BCUT2D eigenvalue weighted by Gasteiger charge is 2.13. The van der Waals surface area contributed by atoms with Crippen LogP contribution in [0, 0.1) is 0 Å². The van der Waals surface area contributed by atoms with Crippen molar-refractivity contribution >= 4 is 17.2 Å². The number of benzene rings is 2. The van der Waals surface area contributed by atoms with E-state index < -0.39 is 0 Å². The van der Waals surface area contributed by atoms with Crippen LogP contribution in [0.2, 0.25) is 0 Å². The molecule has 0 spiro atoms. The third-order valence-corrected chi connectivity index (χ3v) is 4.00. The zero-order valence-electron chi connectivity index (χ0n) is 12.2. The molecule has 0 radical (unpaired) electrons. The minimum Gasteiger partial charge on any atom is -0.343 e. The fraction of sp³-hybridized carbons (Fsp3) is 0.211. The molecule has 1 aromatic heterocycles. The Bertz CT molecular complexity index is 743. The molecule has 0 aliphatic heterocycles. The van der Waals surface area contributed by atoms with E-state index in [0.717, 1.165) is 12.8 Å². The van der Waals surface area contributed by atoms with E-state index in [1.54, 1.807) is 0 Å². The van der Waals surface area contributed by atoms with Crippen molar-refractivity contribution < 1.29 is 4.79 Å². The Morgan fingerprint density at radius 1 is 1.05 bits per heavy atom. The van der Waals surface area contributed by atoms with Gasteiger partial charge in [-0.15, -0.1) is 0 Å². The Morgan fingerprint density at radius 3 is 2.52 bits per heavy atom. The molecule has 106 valence electrons. The maximum absolute atomic E-state index is 10.8. The molecule has 2 nitrogen and oxygen atoms in total. The van der Waals surface area contributed by atoms with Crippen molar-refractivity contribution in [1.82, 2.24) is 4.57 Å². The number of carbonyl (C=O) groups excluding carboxylic acids is 1. The van der Waals surface area contributed by atoms with E-state index in [1.165, 1.54) is 22.0 Å². The normalized spacial score (nSPS) is 12.4. The third kappa shape index (κ3) is 2.75. The van der Waals surface area contributed by atoms with E-state index in [0.29, 0.717) is 6.42 Å². The van der Waals surface area contributed by atoms with Crippen molar-refractivity contribution in [2.24, 2.45) is 0 Å². The largest absolute Gasteiger partial charge is 0.343 e. The predicted octanol–water partition coefficient (Wildman–Crippen LogP) is 4.38. The summed E-state index contributed by atoms with van der Waals surface area (Å²) in [6, 6.07) is 18.9. The van der Waals surface area contributed by atoms with Gasteiger partial charge in [0.25, 0.3) is 0 Å². The fourth-order valence-electron chi connectivity index (χ4n) is 2.85. The number of hydrogen-bond acceptors (Lipinski definition) is 1. The van der Waals surface area contributed by atoms with E-state index in [-0.39, 0.29) is 5.92 Å². The first-order valence-corrected chi connectivity index (χ1v) is 7.35. The van der Waals surface area contributed by atoms with Gasteiger partial charge in [0.15, 0.2) is 0 Å². The van der Waals surface area contributed by atoms with Crippen LogP contribution in [-0.4, -0.2) is 10.9 Å². The second kappa shape index (κ2) is 5.96. The van der Waals surface area contributed by atoms with Crippen LogP contribution >= 0.6 is 0 Å². The standard InChI is InChI=1S/C19H19NO/c1-15(11-12-21)18-14-20(13-16-7-3-2-4-8-16)19-10-6-5-9-17(18)19/h2-10,12,14-15H,11,13H2,1H3/t15-/m0/s1. The van der Waals surface area contributed by atoms with Gasteiger partial charge in [-0.2, -0.15) is 0 Å². The van der Waals surface area contributed by atoms with Gasteiger partial charge >= 0.3 is 0 Å². The number of rotatable bonds is 5. The van der Waals surface area contributed by atoms with E-state index >= 15 is 0 Å². The Balaban J connectivity index is 2.04. The molecule has 0 amide bonds. The summed E-state index contributed by atoms with van der Waals surface area (Å²) < 4.78 is 2.28. The molecular weight excluding hydrogens is 258 g/mol. The summed E-state index contributed by atoms with van der Waals surface area (Å²) in [4.78, 5) is 10.8. The van der Waals surface area contributed by atoms with Crippen molar-refractivity contribution in [2.45, 2.75) is 25.8 Å². The highest BCUT2D eigenvalue weighted by atomic mass is 16.1. The summed E-state index contributed by atoms with van der Waals surface area (Å²) >= 11 is 0. The Labute approximate surface area is 125 Å². The van der Waals surface area contributed by atoms with Crippen LogP contribution in [0.5, 0.6) is 0 Å². The van der Waals surface area contributed by atoms with Crippen molar-refractivity contribution in [3.8, 4) is 0 Å². The SMILES string of the molecule is C[C@@H](CC=O)c1cn(Cc2ccccc2)c2ccccc12. The lowest BCUT2D eigenvalue weighted by molar-refractivity contribution is -0.108. The number of aldehydes is 1. The number of fused-ring (bicyclic) bond motifs is 1. The molecule has 1 heterocycles. The third-order valence-electron chi connectivity index (χ3n) is 4.00. The number of carbonyl (C=O) groups is 1. The summed E-state index contributed by atoms with van der Waals surface area (Å²) in [5.41, 5.74) is 3.77. The quantitative estimate of drug-likeness (QED) is 0.634. The average Bonchev–Trinajstić information content (AvgIpc) is 2.88. The van der Waals surface area contributed by atoms with Gasteiger partial charge in [0, 0.05) is 30.1 Å². The van der Waals surface area contributed by atoms with E-state index in [1.807, 2.05) is 6.07 Å². The van der Waals surface area contributed by atoms with E-state index in [9.17, 15) is 4.79 Å². The number of para-hydroxylation sites is 1. The molecule has 0 bridgehead atoms. The molecule has 0 N–H and O–H groups in total. The molecule has 2 aromatic carbocycles. The van der Waals surface area contributed by atoms with Gasteiger partial charge in [-0.3, -0.25) is 0 Å². The van der Waals surface area contributed by atoms with Gasteiger partial charge in [0.2, 0.25) is 0 Å². The first-order chi connectivity index (χ1) is 10.3. The highest BCUT2D eigenvalue weighted by molar-refractivity contribution is 5.85. The van der Waals surface area contributed by atoms with Gasteiger partial charge in [-0.25, -0.2) is 0 Å². The zero-order chi connectivity index (χ0) is 14.7. The second-order valence-electron chi connectivity index (χ2n) is 5.52. The van der Waals surface area contributed by atoms with Gasteiger partial charge in [-0.05, 0) is 23.1 Å². The summed E-state index contributed by atoms with van der Waals surface area (Å²) in [5, 5.41) is 1.25. The first kappa shape index (κ1) is 13.6. The summed E-state index contributed by atoms with van der Waals surface area (Å²) in [5.74, 6) is 0.254. The van der Waals surface area contributed by atoms with Gasteiger partial charge in [0.05, 0.1) is 0 Å². The molecule has 0 saturated carbocycles. The maximum Gasteiger partial charge on any atom is 0.120 e. The first-order valence-electron chi connectivity index (χ1n) is 7.35. The smallest absolute Gasteiger partial charge is 0.120 e. The molecule has 0 aliphatic carbocycles. The topological polar surface area (TPSA) is 22.0 Å². The molecule has 1 atom stereocenters. The summed E-state index contributed by atoms with van der Waals surface area (Å²) in [6.07, 6.45) is 3.78. The maximum atomic E-state index is 10.8. The highest BCUT2D eigenvalue weighted by Crippen LogP contribution is 2.29. The van der Waals surface area contributed by atoms with Gasteiger partial charge in [-0.1, -0.05) is 55.5 Å². The van der Waals surface area contributed by atoms with Crippen molar-refractivity contribution in [2.75, 3.05) is 0 Å². The van der Waals surface area contributed by atoms with Crippen LogP contribution in [0.15, 0.2) is 60.8 Å². The number of hydrogen-bond donors (Lipinski definition) is 0. The van der Waals surface area contributed by atoms with E-state index in [2.05, 4.69) is 66.2 Å². The van der Waals surface area contributed by atoms with Crippen molar-refractivity contribution in [1.29, 1.82) is 0 Å². The van der Waals surface area contributed by atoms with Crippen LogP contribution in [0.25, 0.3) is 10.9 Å².